The lowest BCUT2D eigenvalue weighted by Crippen LogP contribution is -1.94. The van der Waals surface area contributed by atoms with E-state index >= 15 is 0 Å². The Bertz CT molecular complexity index is 428. The molecule has 4 nitrogen and oxygen atoms in total. The molecule has 0 aliphatic carbocycles. The summed E-state index contributed by atoms with van der Waals surface area (Å²) in [4.78, 5) is 3.86. The highest BCUT2D eigenvalue weighted by atomic mass is 35.5. The Morgan fingerprint density at radius 1 is 1.29 bits per heavy atom. The minimum Gasteiger partial charge on any atom is -0.506 e. The van der Waals surface area contributed by atoms with Gasteiger partial charge in [0, 0.05) is 12.3 Å². The maximum Gasteiger partial charge on any atom is 0.136 e. The van der Waals surface area contributed by atoms with Crippen molar-refractivity contribution in [2.24, 2.45) is 0 Å². The summed E-state index contributed by atoms with van der Waals surface area (Å²) in [7, 11) is 0. The molecule has 0 saturated heterocycles. The van der Waals surface area contributed by atoms with Gasteiger partial charge < -0.3 is 5.11 Å². The number of aromatic nitrogens is 3. The van der Waals surface area contributed by atoms with Crippen LogP contribution in [0.3, 0.4) is 0 Å². The van der Waals surface area contributed by atoms with Crippen LogP contribution in [0, 0.1) is 6.92 Å². The minimum atomic E-state index is 0. The SMILES string of the molecule is Cc1cnn(-c2cncc(O)c2)c1.Cl. The highest BCUT2D eigenvalue weighted by Crippen LogP contribution is 2.12. The monoisotopic (exact) mass is 211 g/mol. The summed E-state index contributed by atoms with van der Waals surface area (Å²) < 4.78 is 1.67. The zero-order valence-electron chi connectivity index (χ0n) is 7.58. The molecule has 0 aromatic carbocycles. The lowest BCUT2D eigenvalue weighted by Gasteiger charge is -1.99. The van der Waals surface area contributed by atoms with Crippen molar-refractivity contribution in [1.29, 1.82) is 0 Å². The van der Waals surface area contributed by atoms with E-state index in [4.69, 9.17) is 0 Å². The molecule has 0 spiro atoms. The first-order valence-corrected chi connectivity index (χ1v) is 3.91. The Morgan fingerprint density at radius 2 is 2.07 bits per heavy atom. The first kappa shape index (κ1) is 10.5. The molecular formula is C9H10ClN3O. The standard InChI is InChI=1S/C9H9N3O.ClH/c1-7-3-11-12(6-7)8-2-9(13)5-10-4-8;/h2-6,13H,1H3;1H. The molecular weight excluding hydrogens is 202 g/mol. The van der Waals surface area contributed by atoms with Crippen LogP contribution in [0.4, 0.5) is 0 Å². The molecule has 0 bridgehead atoms. The van der Waals surface area contributed by atoms with Gasteiger partial charge in [0.2, 0.25) is 0 Å². The number of aryl methyl sites for hydroxylation is 1. The molecule has 0 saturated carbocycles. The van der Waals surface area contributed by atoms with Crippen LogP contribution in [0.15, 0.2) is 30.9 Å². The van der Waals surface area contributed by atoms with E-state index < -0.39 is 0 Å². The number of pyridine rings is 1. The van der Waals surface area contributed by atoms with Gasteiger partial charge in [-0.1, -0.05) is 0 Å². The van der Waals surface area contributed by atoms with Crippen molar-refractivity contribution < 1.29 is 5.11 Å². The molecule has 2 aromatic heterocycles. The molecule has 14 heavy (non-hydrogen) atoms. The van der Waals surface area contributed by atoms with Gasteiger partial charge >= 0.3 is 0 Å². The molecule has 1 N–H and O–H groups in total. The van der Waals surface area contributed by atoms with Crippen molar-refractivity contribution >= 4 is 12.4 Å². The third kappa shape index (κ3) is 2.03. The maximum absolute atomic E-state index is 9.18. The predicted octanol–water partition coefficient (Wildman–Crippen LogP) is 1.70. The van der Waals surface area contributed by atoms with Gasteiger partial charge in [-0.25, -0.2) is 4.68 Å². The number of halogens is 1. The van der Waals surface area contributed by atoms with Crippen molar-refractivity contribution in [3.8, 4) is 11.4 Å². The number of hydrogen-bond acceptors (Lipinski definition) is 3. The first-order valence-electron chi connectivity index (χ1n) is 3.91. The fourth-order valence-corrected chi connectivity index (χ4v) is 1.10. The Morgan fingerprint density at radius 3 is 2.64 bits per heavy atom. The van der Waals surface area contributed by atoms with Crippen molar-refractivity contribution in [3.63, 3.8) is 0 Å². The van der Waals surface area contributed by atoms with E-state index in [9.17, 15) is 5.11 Å². The van der Waals surface area contributed by atoms with Gasteiger partial charge in [0.05, 0.1) is 24.3 Å². The molecule has 0 unspecified atom stereocenters. The van der Waals surface area contributed by atoms with Crippen LogP contribution in [0.1, 0.15) is 5.56 Å². The normalized spacial score (nSPS) is 9.50. The van der Waals surface area contributed by atoms with Gasteiger partial charge in [0.1, 0.15) is 5.75 Å². The quantitative estimate of drug-likeness (QED) is 0.781. The van der Waals surface area contributed by atoms with Gasteiger partial charge in [-0.15, -0.1) is 12.4 Å². The minimum absolute atomic E-state index is 0. The molecule has 0 aliphatic rings. The summed E-state index contributed by atoms with van der Waals surface area (Å²) in [6, 6.07) is 1.61. The van der Waals surface area contributed by atoms with E-state index in [1.807, 2.05) is 13.1 Å². The lowest BCUT2D eigenvalue weighted by atomic mass is 10.4. The smallest absolute Gasteiger partial charge is 0.136 e. The van der Waals surface area contributed by atoms with E-state index in [0.29, 0.717) is 0 Å². The van der Waals surface area contributed by atoms with E-state index in [1.165, 1.54) is 6.20 Å². The maximum atomic E-state index is 9.18. The Hall–Kier alpha value is -1.55. The zero-order chi connectivity index (χ0) is 9.26. The topological polar surface area (TPSA) is 50.9 Å². The van der Waals surface area contributed by atoms with Gasteiger partial charge in [-0.3, -0.25) is 4.98 Å². The fourth-order valence-electron chi connectivity index (χ4n) is 1.10. The third-order valence-electron chi connectivity index (χ3n) is 1.69. The van der Waals surface area contributed by atoms with Crippen LogP contribution in [0.5, 0.6) is 5.75 Å². The fraction of sp³-hybridized carbons (Fsp3) is 0.111. The van der Waals surface area contributed by atoms with Crippen molar-refractivity contribution in [3.05, 3.63) is 36.4 Å². The Labute approximate surface area is 87.6 Å². The summed E-state index contributed by atoms with van der Waals surface area (Å²) in [5, 5.41) is 13.3. The van der Waals surface area contributed by atoms with Crippen LogP contribution in [0.2, 0.25) is 0 Å². The number of hydrogen-bond donors (Lipinski definition) is 1. The number of nitrogens with zero attached hydrogens (tertiary/aromatic N) is 3. The largest absolute Gasteiger partial charge is 0.506 e. The number of aromatic hydroxyl groups is 1. The van der Waals surface area contributed by atoms with Crippen molar-refractivity contribution in [2.75, 3.05) is 0 Å². The molecule has 5 heteroatoms. The van der Waals surface area contributed by atoms with Gasteiger partial charge in [-0.2, -0.15) is 5.10 Å². The molecule has 0 atom stereocenters. The first-order chi connectivity index (χ1) is 6.25. The van der Waals surface area contributed by atoms with Crippen molar-refractivity contribution in [2.45, 2.75) is 6.92 Å². The second-order valence-corrected chi connectivity index (χ2v) is 2.86. The van der Waals surface area contributed by atoms with E-state index in [1.54, 1.807) is 23.1 Å². The Balaban J connectivity index is 0.000000980. The van der Waals surface area contributed by atoms with E-state index in [2.05, 4.69) is 10.1 Å². The van der Waals surface area contributed by atoms with Gasteiger partial charge in [0.25, 0.3) is 0 Å². The van der Waals surface area contributed by atoms with Crippen LogP contribution in [-0.2, 0) is 0 Å². The van der Waals surface area contributed by atoms with E-state index in [-0.39, 0.29) is 18.2 Å². The summed E-state index contributed by atoms with van der Waals surface area (Å²) in [5.41, 5.74) is 1.83. The van der Waals surface area contributed by atoms with Gasteiger partial charge in [0.15, 0.2) is 0 Å². The molecule has 2 heterocycles. The Kier molecular flexibility index (Phi) is 3.09. The second-order valence-electron chi connectivity index (χ2n) is 2.86. The van der Waals surface area contributed by atoms with Gasteiger partial charge in [-0.05, 0) is 12.5 Å². The summed E-state index contributed by atoms with van der Waals surface area (Å²) in [6.45, 7) is 1.96. The molecule has 0 aliphatic heterocycles. The lowest BCUT2D eigenvalue weighted by molar-refractivity contribution is 0.472. The van der Waals surface area contributed by atoms with Crippen molar-refractivity contribution in [1.82, 2.24) is 14.8 Å². The second kappa shape index (κ2) is 4.11. The molecule has 2 aromatic rings. The molecule has 0 radical (unpaired) electrons. The average Bonchev–Trinajstić information content (AvgIpc) is 2.52. The third-order valence-corrected chi connectivity index (χ3v) is 1.69. The summed E-state index contributed by atoms with van der Waals surface area (Å²) >= 11 is 0. The molecule has 74 valence electrons. The predicted molar refractivity (Wildman–Crippen MR) is 55.0 cm³/mol. The average molecular weight is 212 g/mol. The number of rotatable bonds is 1. The van der Waals surface area contributed by atoms with Crippen LogP contribution < -0.4 is 0 Å². The van der Waals surface area contributed by atoms with Crippen LogP contribution in [-0.4, -0.2) is 19.9 Å². The van der Waals surface area contributed by atoms with E-state index in [0.717, 1.165) is 11.3 Å². The van der Waals surface area contributed by atoms with Crippen LogP contribution >= 0.6 is 12.4 Å². The zero-order valence-corrected chi connectivity index (χ0v) is 8.40. The highest BCUT2D eigenvalue weighted by Gasteiger charge is 1.98. The summed E-state index contributed by atoms with van der Waals surface area (Å²) in [5.74, 6) is 0.144. The molecule has 2 rings (SSSR count). The highest BCUT2D eigenvalue weighted by molar-refractivity contribution is 5.85. The molecule has 0 amide bonds. The molecule has 0 fully saturated rings. The summed E-state index contributed by atoms with van der Waals surface area (Å²) in [6.07, 6.45) is 6.66. The van der Waals surface area contributed by atoms with Crippen LogP contribution in [0.25, 0.3) is 5.69 Å².